The predicted octanol–water partition coefficient (Wildman–Crippen LogP) is 3.34. The van der Waals surface area contributed by atoms with Crippen LogP contribution in [0, 0.1) is 5.92 Å². The average molecular weight is 454 g/mol. The maximum Gasteiger partial charge on any atom is 0.325 e. The molecule has 31 heavy (non-hydrogen) atoms. The number of hydrogen-bond donors (Lipinski definition) is 3. The number of esters is 1. The lowest BCUT2D eigenvalue weighted by Gasteiger charge is -2.16. The SMILES string of the molecule is C/C=C\C.CC/C(Cl)=C\C=C(/C)CNC(=O)CC1C/C=C/NCC(=O)OCCNC1=O. The second kappa shape index (κ2) is 18.2. The smallest absolute Gasteiger partial charge is 0.325 e. The summed E-state index contributed by atoms with van der Waals surface area (Å²) in [5.74, 6) is -1.31. The summed E-state index contributed by atoms with van der Waals surface area (Å²) in [5.41, 5.74) is 0.962. The molecule has 1 rings (SSSR count). The van der Waals surface area contributed by atoms with Gasteiger partial charge < -0.3 is 20.7 Å². The lowest BCUT2D eigenvalue weighted by molar-refractivity contribution is -0.142. The van der Waals surface area contributed by atoms with Crippen LogP contribution in [-0.4, -0.2) is 44.0 Å². The van der Waals surface area contributed by atoms with Crippen molar-refractivity contribution in [3.63, 3.8) is 0 Å². The minimum absolute atomic E-state index is 0.0672. The van der Waals surface area contributed by atoms with Crippen molar-refractivity contribution in [2.45, 2.75) is 47.0 Å². The van der Waals surface area contributed by atoms with Crippen molar-refractivity contribution in [2.24, 2.45) is 5.92 Å². The fraction of sp³-hybridized carbons (Fsp3) is 0.522. The molecule has 1 atom stereocenters. The van der Waals surface area contributed by atoms with Gasteiger partial charge in [0.1, 0.15) is 13.2 Å². The summed E-state index contributed by atoms with van der Waals surface area (Å²) >= 11 is 5.95. The first-order valence-electron chi connectivity index (χ1n) is 10.5. The van der Waals surface area contributed by atoms with Gasteiger partial charge in [0.2, 0.25) is 11.8 Å². The van der Waals surface area contributed by atoms with Crippen LogP contribution in [0.4, 0.5) is 0 Å². The van der Waals surface area contributed by atoms with Gasteiger partial charge in [-0.3, -0.25) is 14.4 Å². The Bertz CT molecular complexity index is 680. The molecule has 0 bridgehead atoms. The molecule has 7 nitrogen and oxygen atoms in total. The van der Waals surface area contributed by atoms with Gasteiger partial charge in [0, 0.05) is 18.0 Å². The van der Waals surface area contributed by atoms with E-state index in [1.165, 1.54) is 0 Å². The van der Waals surface area contributed by atoms with Gasteiger partial charge in [-0.05, 0) is 45.9 Å². The van der Waals surface area contributed by atoms with E-state index in [4.69, 9.17) is 16.3 Å². The average Bonchev–Trinajstić information content (AvgIpc) is 2.76. The monoisotopic (exact) mass is 453 g/mol. The number of ether oxygens (including phenoxy) is 1. The molecule has 2 amide bonds. The number of carbonyl (C=O) groups is 3. The Balaban J connectivity index is 0.00000206. The van der Waals surface area contributed by atoms with Gasteiger partial charge in [-0.1, -0.05) is 48.4 Å². The molecule has 0 aromatic carbocycles. The first kappa shape index (κ1) is 28.5. The lowest BCUT2D eigenvalue weighted by Crippen LogP contribution is -2.37. The van der Waals surface area contributed by atoms with Crippen molar-refractivity contribution in [3.05, 3.63) is 47.2 Å². The van der Waals surface area contributed by atoms with E-state index in [1.54, 1.807) is 12.3 Å². The molecular formula is C23H36ClN3O4. The Labute approximate surface area is 191 Å². The van der Waals surface area contributed by atoms with Gasteiger partial charge in [-0.2, -0.15) is 0 Å². The van der Waals surface area contributed by atoms with E-state index in [0.29, 0.717) is 13.0 Å². The fourth-order valence-electron chi connectivity index (χ4n) is 2.22. The zero-order valence-corrected chi connectivity index (χ0v) is 19.8. The summed E-state index contributed by atoms with van der Waals surface area (Å²) in [4.78, 5) is 35.8. The summed E-state index contributed by atoms with van der Waals surface area (Å²) in [6.45, 7) is 8.65. The molecule has 1 aliphatic rings. The molecule has 1 unspecified atom stereocenters. The highest BCUT2D eigenvalue weighted by molar-refractivity contribution is 6.29. The number of carbonyl (C=O) groups excluding carboxylic acids is 3. The molecule has 1 heterocycles. The Hall–Kier alpha value is -2.54. The van der Waals surface area contributed by atoms with Gasteiger partial charge in [0.05, 0.1) is 12.5 Å². The summed E-state index contributed by atoms with van der Waals surface area (Å²) in [6.07, 6.45) is 12.2. The first-order valence-corrected chi connectivity index (χ1v) is 10.9. The third kappa shape index (κ3) is 15.9. The van der Waals surface area contributed by atoms with Crippen molar-refractivity contribution in [2.75, 3.05) is 26.2 Å². The maximum atomic E-state index is 12.3. The number of halogens is 1. The Morgan fingerprint density at radius 1 is 1.29 bits per heavy atom. The standard InChI is InChI=1S/C19H28ClN3O4.C4H8/c1-3-16(20)7-6-14(2)12-23-17(24)11-15-5-4-8-21-13-18(25)27-10-9-22-19(15)26;1-3-4-2/h4,6-8,15,21H,3,5,9-13H2,1-2H3,(H,22,26)(H,23,24);3-4H,1-2H3/b8-4+,14-6+,16-7+;4-3-. The largest absolute Gasteiger partial charge is 0.463 e. The molecule has 0 saturated carbocycles. The van der Waals surface area contributed by atoms with Gasteiger partial charge in [0.25, 0.3) is 0 Å². The summed E-state index contributed by atoms with van der Waals surface area (Å²) in [5, 5.41) is 9.06. The van der Waals surface area contributed by atoms with Crippen molar-refractivity contribution < 1.29 is 19.1 Å². The fourth-order valence-corrected chi connectivity index (χ4v) is 2.28. The number of amides is 2. The molecule has 3 N–H and O–H groups in total. The molecule has 8 heteroatoms. The van der Waals surface area contributed by atoms with Gasteiger partial charge >= 0.3 is 5.97 Å². The van der Waals surface area contributed by atoms with Crippen LogP contribution in [0.5, 0.6) is 0 Å². The normalized spacial score (nSPS) is 19.6. The molecule has 174 valence electrons. The van der Waals surface area contributed by atoms with Crippen LogP contribution in [0.2, 0.25) is 0 Å². The van der Waals surface area contributed by atoms with E-state index in [-0.39, 0.29) is 43.9 Å². The van der Waals surface area contributed by atoms with E-state index in [9.17, 15) is 14.4 Å². The highest BCUT2D eigenvalue weighted by Gasteiger charge is 2.21. The van der Waals surface area contributed by atoms with E-state index in [1.807, 2.05) is 52.0 Å². The van der Waals surface area contributed by atoms with Crippen LogP contribution in [0.25, 0.3) is 0 Å². The molecule has 0 spiro atoms. The predicted molar refractivity (Wildman–Crippen MR) is 125 cm³/mol. The van der Waals surface area contributed by atoms with Crippen molar-refractivity contribution in [1.29, 1.82) is 0 Å². The van der Waals surface area contributed by atoms with Crippen LogP contribution >= 0.6 is 11.6 Å². The topological polar surface area (TPSA) is 96.5 Å². The zero-order chi connectivity index (χ0) is 23.5. The van der Waals surface area contributed by atoms with Crippen molar-refractivity contribution in [1.82, 2.24) is 16.0 Å². The van der Waals surface area contributed by atoms with Gasteiger partial charge in [-0.25, -0.2) is 0 Å². The molecule has 1 aliphatic heterocycles. The van der Waals surface area contributed by atoms with E-state index >= 15 is 0 Å². The Morgan fingerprint density at radius 2 is 2.00 bits per heavy atom. The van der Waals surface area contributed by atoms with E-state index < -0.39 is 5.92 Å². The second-order valence-corrected chi connectivity index (χ2v) is 7.34. The minimum Gasteiger partial charge on any atom is -0.463 e. The maximum absolute atomic E-state index is 12.3. The van der Waals surface area contributed by atoms with E-state index in [0.717, 1.165) is 17.0 Å². The number of hydrogen-bond acceptors (Lipinski definition) is 5. The molecular weight excluding hydrogens is 418 g/mol. The third-order valence-corrected chi connectivity index (χ3v) is 4.55. The van der Waals surface area contributed by atoms with Crippen molar-refractivity contribution in [3.8, 4) is 0 Å². The summed E-state index contributed by atoms with van der Waals surface area (Å²) in [6, 6.07) is 0. The van der Waals surface area contributed by atoms with Crippen LogP contribution in [-0.2, 0) is 19.1 Å². The highest BCUT2D eigenvalue weighted by Crippen LogP contribution is 2.11. The van der Waals surface area contributed by atoms with Crippen molar-refractivity contribution >= 4 is 29.4 Å². The quantitative estimate of drug-likeness (QED) is 0.325. The van der Waals surface area contributed by atoms with Crippen LogP contribution in [0.15, 0.2) is 47.2 Å². The minimum atomic E-state index is -0.489. The number of rotatable bonds is 6. The molecule has 0 radical (unpaired) electrons. The second-order valence-electron chi connectivity index (χ2n) is 6.86. The summed E-state index contributed by atoms with van der Waals surface area (Å²) < 4.78 is 4.94. The number of allylic oxidation sites excluding steroid dienone is 6. The molecule has 0 aliphatic carbocycles. The Morgan fingerprint density at radius 3 is 2.65 bits per heavy atom. The van der Waals surface area contributed by atoms with Gasteiger partial charge in [-0.15, -0.1) is 0 Å². The van der Waals surface area contributed by atoms with Crippen LogP contribution in [0.3, 0.4) is 0 Å². The van der Waals surface area contributed by atoms with Crippen LogP contribution in [0.1, 0.15) is 47.0 Å². The first-order chi connectivity index (χ1) is 14.8. The molecule has 0 saturated heterocycles. The molecule has 0 aromatic heterocycles. The summed E-state index contributed by atoms with van der Waals surface area (Å²) in [7, 11) is 0. The van der Waals surface area contributed by atoms with Crippen LogP contribution < -0.4 is 16.0 Å². The number of cyclic esters (lactones) is 1. The Kier molecular flexibility index (Phi) is 16.8. The number of nitrogens with one attached hydrogen (secondary N) is 3. The van der Waals surface area contributed by atoms with E-state index in [2.05, 4.69) is 16.0 Å². The lowest BCUT2D eigenvalue weighted by atomic mass is 9.99. The highest BCUT2D eigenvalue weighted by atomic mass is 35.5. The molecule has 0 aromatic rings. The van der Waals surface area contributed by atoms with Gasteiger partial charge in [0.15, 0.2) is 0 Å². The molecule has 0 fully saturated rings. The third-order valence-electron chi connectivity index (χ3n) is 4.15. The zero-order valence-electron chi connectivity index (χ0n) is 19.0.